The van der Waals surface area contributed by atoms with Gasteiger partial charge in [0.1, 0.15) is 24.0 Å². The van der Waals surface area contributed by atoms with Gasteiger partial charge in [0.2, 0.25) is 0 Å². The number of aryl methyl sites for hydroxylation is 2. The molecule has 3 aromatic carbocycles. The SMILES string of the molecule is Cc1cc(C(c2ccc(F)c(C)c2)c2cc(Cl)cc(Cl)c2OCC(O)C[C@@H](O)CC(=O)[O-])ccc1F.[Na+]. The number of carboxylic acids is 1. The first-order chi connectivity index (χ1) is 17.0. The number of aliphatic hydroxyl groups is 2. The summed E-state index contributed by atoms with van der Waals surface area (Å²) in [4.78, 5) is 10.7. The molecule has 0 aromatic heterocycles. The van der Waals surface area contributed by atoms with Crippen LogP contribution in [-0.2, 0) is 4.79 Å². The molecule has 37 heavy (non-hydrogen) atoms. The van der Waals surface area contributed by atoms with Crippen LogP contribution in [0.5, 0.6) is 5.75 Å². The zero-order chi connectivity index (χ0) is 26.6. The number of ether oxygens (including phenoxy) is 1. The second-order valence-electron chi connectivity index (χ2n) is 8.69. The van der Waals surface area contributed by atoms with E-state index in [1.54, 1.807) is 44.2 Å². The van der Waals surface area contributed by atoms with Crippen LogP contribution in [-0.4, -0.2) is 35.0 Å². The monoisotopic (exact) mass is 560 g/mol. The standard InChI is InChI=1S/C27H26Cl2F2O5.Na/c1-14-7-16(3-5-23(14)30)26(17-4-6-24(31)15(2)8-17)21-9-18(28)10-22(29)27(21)36-13-20(33)11-19(32)12-25(34)35;/h3-10,19-20,26,32-33H,11-13H2,1-2H3,(H,34,35);/q;+1/p-1/t19-,20?;/m1./s1. The zero-order valence-corrected chi connectivity index (χ0v) is 24.1. The Labute approximate surface area is 246 Å². The van der Waals surface area contributed by atoms with Gasteiger partial charge in [-0.15, -0.1) is 0 Å². The van der Waals surface area contributed by atoms with Crippen LogP contribution in [0.4, 0.5) is 8.78 Å². The minimum Gasteiger partial charge on any atom is -0.550 e. The van der Waals surface area contributed by atoms with E-state index in [-0.39, 0.29) is 65.0 Å². The Morgan fingerprint density at radius 3 is 1.97 bits per heavy atom. The Morgan fingerprint density at radius 1 is 0.946 bits per heavy atom. The number of benzene rings is 3. The van der Waals surface area contributed by atoms with E-state index < -0.39 is 30.5 Å². The van der Waals surface area contributed by atoms with Crippen molar-refractivity contribution in [3.8, 4) is 5.75 Å². The molecular formula is C27H25Cl2F2NaO5. The van der Waals surface area contributed by atoms with Crippen molar-refractivity contribution in [2.24, 2.45) is 0 Å². The average molecular weight is 561 g/mol. The van der Waals surface area contributed by atoms with Gasteiger partial charge in [0.15, 0.2) is 0 Å². The summed E-state index contributed by atoms with van der Waals surface area (Å²) in [5.74, 6) is -2.61. The molecule has 192 valence electrons. The van der Waals surface area contributed by atoms with Gasteiger partial charge in [0.25, 0.3) is 0 Å². The van der Waals surface area contributed by atoms with Crippen molar-refractivity contribution in [2.75, 3.05) is 6.61 Å². The molecule has 0 saturated carbocycles. The van der Waals surface area contributed by atoms with Crippen LogP contribution in [0.1, 0.15) is 46.6 Å². The number of rotatable bonds is 10. The maximum absolute atomic E-state index is 14.1. The third kappa shape index (κ3) is 8.39. The van der Waals surface area contributed by atoms with Gasteiger partial charge in [0.05, 0.1) is 17.2 Å². The minimum atomic E-state index is -1.44. The number of aliphatic hydroxyl groups excluding tert-OH is 2. The molecular weight excluding hydrogens is 536 g/mol. The first-order valence-electron chi connectivity index (χ1n) is 11.2. The topological polar surface area (TPSA) is 89.8 Å². The summed E-state index contributed by atoms with van der Waals surface area (Å²) >= 11 is 12.8. The molecule has 0 aliphatic rings. The molecule has 0 radical (unpaired) electrons. The van der Waals surface area contributed by atoms with Crippen LogP contribution in [0.3, 0.4) is 0 Å². The molecule has 0 spiro atoms. The van der Waals surface area contributed by atoms with Crippen LogP contribution in [0.2, 0.25) is 10.0 Å². The number of halogens is 4. The minimum absolute atomic E-state index is 0. The fourth-order valence-corrected chi connectivity index (χ4v) is 4.59. The van der Waals surface area contributed by atoms with Gasteiger partial charge in [-0.1, -0.05) is 47.5 Å². The van der Waals surface area contributed by atoms with Crippen molar-refractivity contribution in [3.63, 3.8) is 0 Å². The van der Waals surface area contributed by atoms with Gasteiger partial charge < -0.3 is 24.9 Å². The molecule has 0 heterocycles. The smallest absolute Gasteiger partial charge is 0.550 e. The normalized spacial score (nSPS) is 12.7. The van der Waals surface area contributed by atoms with Crippen LogP contribution < -0.4 is 39.4 Å². The van der Waals surface area contributed by atoms with Crippen molar-refractivity contribution in [1.29, 1.82) is 0 Å². The predicted octanol–water partition coefficient (Wildman–Crippen LogP) is 1.70. The molecule has 2 N–H and O–H groups in total. The number of carboxylic acid groups (broad SMARTS) is 1. The Balaban J connectivity index is 0.00000481. The van der Waals surface area contributed by atoms with Crippen LogP contribution >= 0.6 is 23.2 Å². The van der Waals surface area contributed by atoms with E-state index in [9.17, 15) is 28.9 Å². The third-order valence-electron chi connectivity index (χ3n) is 5.75. The number of carbonyl (C=O) groups excluding carboxylic acids is 1. The van der Waals surface area contributed by atoms with E-state index in [2.05, 4.69) is 0 Å². The van der Waals surface area contributed by atoms with E-state index in [1.165, 1.54) is 18.2 Å². The molecule has 0 saturated heterocycles. The molecule has 0 fully saturated rings. The Hall–Kier alpha value is -1.71. The Kier molecular flexibility index (Phi) is 11.8. The molecule has 0 bridgehead atoms. The first-order valence-corrected chi connectivity index (χ1v) is 11.9. The summed E-state index contributed by atoms with van der Waals surface area (Å²) in [6, 6.07) is 12.3. The fourth-order valence-electron chi connectivity index (χ4n) is 4.03. The van der Waals surface area contributed by atoms with E-state index >= 15 is 0 Å². The molecule has 0 amide bonds. The first kappa shape index (κ1) is 31.5. The van der Waals surface area contributed by atoms with Gasteiger partial charge in [-0.25, -0.2) is 8.78 Å². The summed E-state index contributed by atoms with van der Waals surface area (Å²) in [6.45, 7) is 2.95. The van der Waals surface area contributed by atoms with Gasteiger partial charge >= 0.3 is 29.6 Å². The third-order valence-corrected chi connectivity index (χ3v) is 6.24. The molecule has 0 aliphatic heterocycles. The molecule has 1 unspecified atom stereocenters. The molecule has 2 atom stereocenters. The summed E-state index contributed by atoms with van der Waals surface area (Å²) in [7, 11) is 0. The maximum Gasteiger partial charge on any atom is 1.00 e. The molecule has 3 aromatic rings. The summed E-state index contributed by atoms with van der Waals surface area (Å²) < 4.78 is 34.0. The van der Waals surface area contributed by atoms with Crippen molar-refractivity contribution >= 4 is 29.2 Å². The van der Waals surface area contributed by atoms with Crippen LogP contribution in [0.15, 0.2) is 48.5 Å². The summed E-state index contributed by atoms with van der Waals surface area (Å²) in [6.07, 6.45) is -3.41. The van der Waals surface area contributed by atoms with Crippen molar-refractivity contribution in [3.05, 3.63) is 98.0 Å². The molecule has 3 rings (SSSR count). The van der Waals surface area contributed by atoms with Gasteiger partial charge in [0, 0.05) is 35.3 Å². The quantitative estimate of drug-likeness (QED) is 0.291. The number of aliphatic carboxylic acids is 1. The number of hydrogen-bond acceptors (Lipinski definition) is 5. The molecule has 10 heteroatoms. The van der Waals surface area contributed by atoms with E-state index in [0.29, 0.717) is 32.8 Å². The second kappa shape index (κ2) is 13.9. The van der Waals surface area contributed by atoms with E-state index in [0.717, 1.165) is 0 Å². The summed E-state index contributed by atoms with van der Waals surface area (Å²) in [5, 5.41) is 31.2. The van der Waals surface area contributed by atoms with Gasteiger partial charge in [-0.05, 0) is 60.4 Å². The number of hydrogen-bond donors (Lipinski definition) is 2. The van der Waals surface area contributed by atoms with E-state index in [1.807, 2.05) is 0 Å². The molecule has 5 nitrogen and oxygen atoms in total. The van der Waals surface area contributed by atoms with Crippen molar-refractivity contribution in [2.45, 2.75) is 44.8 Å². The Morgan fingerprint density at radius 2 is 1.49 bits per heavy atom. The maximum atomic E-state index is 14.1. The zero-order valence-electron chi connectivity index (χ0n) is 20.6. The summed E-state index contributed by atoms with van der Waals surface area (Å²) in [5.41, 5.74) is 2.65. The predicted molar refractivity (Wildman–Crippen MR) is 131 cm³/mol. The fraction of sp³-hybridized carbons (Fsp3) is 0.296. The van der Waals surface area contributed by atoms with E-state index in [4.69, 9.17) is 27.9 Å². The van der Waals surface area contributed by atoms with Gasteiger partial charge in [-0.2, -0.15) is 0 Å². The molecule has 0 aliphatic carbocycles. The van der Waals surface area contributed by atoms with Crippen LogP contribution in [0.25, 0.3) is 0 Å². The van der Waals surface area contributed by atoms with Crippen LogP contribution in [0, 0.1) is 25.5 Å². The average Bonchev–Trinajstić information content (AvgIpc) is 2.77. The van der Waals surface area contributed by atoms with Crippen molar-refractivity contribution in [1.82, 2.24) is 0 Å². The Bertz CT molecular complexity index is 1210. The largest absolute Gasteiger partial charge is 1.00 e. The second-order valence-corrected chi connectivity index (χ2v) is 9.53. The van der Waals surface area contributed by atoms with Crippen molar-refractivity contribution < 1.29 is 63.2 Å². The number of carbonyl (C=O) groups is 1. The van der Waals surface area contributed by atoms with Gasteiger partial charge in [-0.3, -0.25) is 0 Å².